The Bertz CT molecular complexity index is 456. The Hall–Kier alpha value is -1.33. The molecule has 1 fully saturated rings. The highest BCUT2D eigenvalue weighted by Crippen LogP contribution is 2.20. The van der Waals surface area contributed by atoms with Crippen molar-refractivity contribution in [2.45, 2.75) is 18.9 Å². The SMILES string of the molecule is O=C(Nc1cc(Cl)ccc1F)N1CCC[C@@H](O)C1. The number of aliphatic hydroxyl groups excluding tert-OH is 1. The van der Waals surface area contributed by atoms with Crippen molar-refractivity contribution in [3.63, 3.8) is 0 Å². The standard InChI is InChI=1S/C12H14ClFN2O2/c13-8-3-4-10(14)11(6-8)15-12(18)16-5-1-2-9(17)7-16/h3-4,6,9,17H,1-2,5,7H2,(H,15,18)/t9-/m1/s1. The predicted octanol–water partition coefficient (Wildman–Crippen LogP) is 2.47. The van der Waals surface area contributed by atoms with E-state index >= 15 is 0 Å². The average molecular weight is 273 g/mol. The number of halogens is 2. The van der Waals surface area contributed by atoms with E-state index in [2.05, 4.69) is 5.32 Å². The molecule has 0 unspecified atom stereocenters. The van der Waals surface area contributed by atoms with Crippen molar-refractivity contribution in [3.8, 4) is 0 Å². The Kier molecular flexibility index (Phi) is 4.04. The molecule has 4 nitrogen and oxygen atoms in total. The first-order valence-corrected chi connectivity index (χ1v) is 6.13. The number of aliphatic hydroxyl groups is 1. The fourth-order valence-corrected chi connectivity index (χ4v) is 2.10. The normalized spacial score (nSPS) is 19.7. The quantitative estimate of drug-likeness (QED) is 0.825. The molecule has 6 heteroatoms. The molecule has 1 saturated heterocycles. The van der Waals surface area contributed by atoms with Crippen LogP contribution in [0.2, 0.25) is 5.02 Å². The van der Waals surface area contributed by atoms with Gasteiger partial charge in [0.2, 0.25) is 0 Å². The van der Waals surface area contributed by atoms with E-state index in [9.17, 15) is 14.3 Å². The van der Waals surface area contributed by atoms with Crippen molar-refractivity contribution in [2.75, 3.05) is 18.4 Å². The number of carbonyl (C=O) groups is 1. The minimum Gasteiger partial charge on any atom is -0.391 e. The fourth-order valence-electron chi connectivity index (χ4n) is 1.93. The van der Waals surface area contributed by atoms with E-state index in [-0.39, 0.29) is 12.2 Å². The van der Waals surface area contributed by atoms with Gasteiger partial charge in [-0.25, -0.2) is 9.18 Å². The molecule has 18 heavy (non-hydrogen) atoms. The smallest absolute Gasteiger partial charge is 0.322 e. The highest BCUT2D eigenvalue weighted by atomic mass is 35.5. The first-order valence-electron chi connectivity index (χ1n) is 5.75. The van der Waals surface area contributed by atoms with Crippen LogP contribution in [0.1, 0.15) is 12.8 Å². The molecule has 1 atom stereocenters. The van der Waals surface area contributed by atoms with Gasteiger partial charge in [0, 0.05) is 18.1 Å². The third kappa shape index (κ3) is 3.11. The summed E-state index contributed by atoms with van der Waals surface area (Å²) in [6.07, 6.45) is 0.927. The van der Waals surface area contributed by atoms with Crippen LogP contribution in [0.15, 0.2) is 18.2 Å². The summed E-state index contributed by atoms with van der Waals surface area (Å²) in [5, 5.41) is 12.3. The second kappa shape index (κ2) is 5.54. The number of β-amino-alcohol motifs (C(OH)–C–C–N with tert-alkyl or cyclic N) is 1. The van der Waals surface area contributed by atoms with E-state index in [1.165, 1.54) is 23.1 Å². The lowest BCUT2D eigenvalue weighted by atomic mass is 10.1. The fraction of sp³-hybridized carbons (Fsp3) is 0.417. The predicted molar refractivity (Wildman–Crippen MR) is 67.2 cm³/mol. The zero-order chi connectivity index (χ0) is 13.1. The number of benzene rings is 1. The summed E-state index contributed by atoms with van der Waals surface area (Å²) in [5.74, 6) is -0.537. The first kappa shape index (κ1) is 13.1. The second-order valence-corrected chi connectivity index (χ2v) is 4.73. The molecule has 2 N–H and O–H groups in total. The van der Waals surface area contributed by atoms with Crippen molar-refractivity contribution in [1.29, 1.82) is 0 Å². The number of nitrogens with zero attached hydrogens (tertiary/aromatic N) is 1. The van der Waals surface area contributed by atoms with Crippen LogP contribution in [0, 0.1) is 5.82 Å². The molecular weight excluding hydrogens is 259 g/mol. The summed E-state index contributed by atoms with van der Waals surface area (Å²) in [6.45, 7) is 0.832. The summed E-state index contributed by atoms with van der Waals surface area (Å²) in [6, 6.07) is 3.55. The molecule has 0 aromatic heterocycles. The van der Waals surface area contributed by atoms with Crippen LogP contribution in [0.25, 0.3) is 0 Å². The highest BCUT2D eigenvalue weighted by molar-refractivity contribution is 6.30. The van der Waals surface area contributed by atoms with E-state index in [1.54, 1.807) is 0 Å². The topological polar surface area (TPSA) is 52.6 Å². The Morgan fingerprint density at radius 3 is 3.06 bits per heavy atom. The molecule has 1 aliphatic heterocycles. The number of carbonyl (C=O) groups excluding carboxylic acids is 1. The van der Waals surface area contributed by atoms with Crippen LogP contribution in [-0.2, 0) is 0 Å². The molecule has 0 saturated carbocycles. The zero-order valence-corrected chi connectivity index (χ0v) is 10.5. The van der Waals surface area contributed by atoms with Gasteiger partial charge in [-0.05, 0) is 31.0 Å². The Balaban J connectivity index is 2.04. The van der Waals surface area contributed by atoms with Crippen LogP contribution in [0.3, 0.4) is 0 Å². The van der Waals surface area contributed by atoms with Gasteiger partial charge in [-0.1, -0.05) is 11.6 Å². The van der Waals surface area contributed by atoms with E-state index < -0.39 is 18.0 Å². The van der Waals surface area contributed by atoms with E-state index in [4.69, 9.17) is 11.6 Å². The number of hydrogen-bond acceptors (Lipinski definition) is 2. The number of urea groups is 1. The maximum atomic E-state index is 13.4. The number of hydrogen-bond donors (Lipinski definition) is 2. The number of amides is 2. The van der Waals surface area contributed by atoms with E-state index in [1.807, 2.05) is 0 Å². The third-order valence-electron chi connectivity index (χ3n) is 2.85. The summed E-state index contributed by atoms with van der Waals surface area (Å²) >= 11 is 5.74. The van der Waals surface area contributed by atoms with Crippen molar-refractivity contribution in [3.05, 3.63) is 29.0 Å². The molecule has 0 aliphatic carbocycles. The maximum Gasteiger partial charge on any atom is 0.322 e. The van der Waals surface area contributed by atoms with Crippen LogP contribution in [0.5, 0.6) is 0 Å². The maximum absolute atomic E-state index is 13.4. The van der Waals surface area contributed by atoms with Gasteiger partial charge in [0.1, 0.15) is 5.82 Å². The summed E-state index contributed by atoms with van der Waals surface area (Å²) in [7, 11) is 0. The summed E-state index contributed by atoms with van der Waals surface area (Å²) in [4.78, 5) is 13.3. The molecule has 0 bridgehead atoms. The van der Waals surface area contributed by atoms with Gasteiger partial charge in [-0.2, -0.15) is 0 Å². The average Bonchev–Trinajstić information content (AvgIpc) is 2.34. The Morgan fingerprint density at radius 1 is 1.56 bits per heavy atom. The minimum absolute atomic E-state index is 0.0487. The number of nitrogens with one attached hydrogen (secondary N) is 1. The van der Waals surface area contributed by atoms with Crippen molar-refractivity contribution in [1.82, 2.24) is 4.90 Å². The van der Waals surface area contributed by atoms with Gasteiger partial charge in [0.25, 0.3) is 0 Å². The van der Waals surface area contributed by atoms with Gasteiger partial charge in [-0.3, -0.25) is 0 Å². The van der Waals surface area contributed by atoms with E-state index in [0.717, 1.165) is 6.42 Å². The molecule has 1 heterocycles. The molecule has 98 valence electrons. The molecule has 0 spiro atoms. The van der Waals surface area contributed by atoms with Crippen LogP contribution < -0.4 is 5.32 Å². The van der Waals surface area contributed by atoms with Gasteiger partial charge >= 0.3 is 6.03 Å². The third-order valence-corrected chi connectivity index (χ3v) is 3.09. The lowest BCUT2D eigenvalue weighted by Gasteiger charge is -2.30. The molecule has 0 radical (unpaired) electrons. The van der Waals surface area contributed by atoms with Crippen molar-refractivity contribution >= 4 is 23.3 Å². The Morgan fingerprint density at radius 2 is 2.33 bits per heavy atom. The molecule has 2 rings (SSSR count). The second-order valence-electron chi connectivity index (χ2n) is 4.30. The minimum atomic E-state index is -0.537. The monoisotopic (exact) mass is 272 g/mol. The lowest BCUT2D eigenvalue weighted by molar-refractivity contribution is 0.0883. The van der Waals surface area contributed by atoms with Crippen LogP contribution in [-0.4, -0.2) is 35.2 Å². The van der Waals surface area contributed by atoms with Crippen LogP contribution in [0.4, 0.5) is 14.9 Å². The highest BCUT2D eigenvalue weighted by Gasteiger charge is 2.22. The molecule has 1 aromatic rings. The van der Waals surface area contributed by atoms with Gasteiger partial charge in [-0.15, -0.1) is 0 Å². The largest absolute Gasteiger partial charge is 0.391 e. The molecule has 1 aromatic carbocycles. The number of rotatable bonds is 1. The Labute approximate surface area is 109 Å². The summed E-state index contributed by atoms with van der Waals surface area (Å²) < 4.78 is 13.4. The number of likely N-dealkylation sites (tertiary alicyclic amines) is 1. The van der Waals surface area contributed by atoms with Gasteiger partial charge < -0.3 is 15.3 Å². The number of anilines is 1. The summed E-state index contributed by atoms with van der Waals surface area (Å²) in [5.41, 5.74) is 0.0487. The molecule has 1 aliphatic rings. The van der Waals surface area contributed by atoms with Gasteiger partial charge in [0.15, 0.2) is 0 Å². The first-order chi connectivity index (χ1) is 8.56. The molecule has 2 amide bonds. The van der Waals surface area contributed by atoms with Crippen LogP contribution >= 0.6 is 11.6 Å². The zero-order valence-electron chi connectivity index (χ0n) is 9.70. The van der Waals surface area contributed by atoms with E-state index in [0.29, 0.717) is 18.0 Å². The van der Waals surface area contributed by atoms with Crippen molar-refractivity contribution in [2.24, 2.45) is 0 Å². The van der Waals surface area contributed by atoms with Gasteiger partial charge in [0.05, 0.1) is 11.8 Å². The number of piperidine rings is 1. The lowest BCUT2D eigenvalue weighted by Crippen LogP contribution is -2.44. The van der Waals surface area contributed by atoms with Crippen molar-refractivity contribution < 1.29 is 14.3 Å². The molecular formula is C12H14ClFN2O2.